The van der Waals surface area contributed by atoms with Gasteiger partial charge in [-0.25, -0.2) is 0 Å². The molecule has 3 heteroatoms. The van der Waals surface area contributed by atoms with E-state index < -0.39 is 0 Å². The van der Waals surface area contributed by atoms with E-state index in [4.69, 9.17) is 0 Å². The van der Waals surface area contributed by atoms with Crippen molar-refractivity contribution in [1.82, 2.24) is 10.6 Å². The molecule has 3 nitrogen and oxygen atoms in total. The Morgan fingerprint density at radius 1 is 1.18 bits per heavy atom. The minimum Gasteiger partial charge on any atom is -0.352 e. The molecule has 1 aromatic rings. The molecule has 0 aliphatic carbocycles. The molecule has 94 valence electrons. The van der Waals surface area contributed by atoms with E-state index in [1.165, 1.54) is 0 Å². The van der Waals surface area contributed by atoms with E-state index in [0.29, 0.717) is 19.5 Å². The number of nitrogens with one attached hydrogen (secondary N) is 2. The Morgan fingerprint density at radius 3 is 2.41 bits per heavy atom. The lowest BCUT2D eigenvalue weighted by Crippen LogP contribution is -2.38. The van der Waals surface area contributed by atoms with E-state index in [2.05, 4.69) is 31.4 Å². The molecule has 0 aliphatic heterocycles. The van der Waals surface area contributed by atoms with Crippen LogP contribution in [0.2, 0.25) is 0 Å². The molecule has 0 radical (unpaired) electrons. The molecule has 1 rings (SSSR count). The SMILES string of the molecule is CC(C)(C)NCCC(=O)NCc1ccccc1. The third-order valence-corrected chi connectivity index (χ3v) is 2.34. The summed E-state index contributed by atoms with van der Waals surface area (Å²) in [4.78, 5) is 11.6. The lowest BCUT2D eigenvalue weighted by atomic mass is 10.1. The average molecular weight is 234 g/mol. The molecule has 0 atom stereocenters. The van der Waals surface area contributed by atoms with Crippen LogP contribution in [0.25, 0.3) is 0 Å². The zero-order chi connectivity index (χ0) is 12.7. The molecule has 0 aromatic heterocycles. The number of hydrogen-bond acceptors (Lipinski definition) is 2. The van der Waals surface area contributed by atoms with Crippen LogP contribution in [-0.2, 0) is 11.3 Å². The highest BCUT2D eigenvalue weighted by Gasteiger charge is 2.09. The zero-order valence-corrected chi connectivity index (χ0v) is 10.9. The maximum Gasteiger partial charge on any atom is 0.221 e. The van der Waals surface area contributed by atoms with E-state index in [9.17, 15) is 4.79 Å². The lowest BCUT2D eigenvalue weighted by molar-refractivity contribution is -0.121. The largest absolute Gasteiger partial charge is 0.352 e. The summed E-state index contributed by atoms with van der Waals surface area (Å²) in [5.74, 6) is 0.0885. The van der Waals surface area contributed by atoms with Crippen LogP contribution in [0.3, 0.4) is 0 Å². The van der Waals surface area contributed by atoms with Gasteiger partial charge in [0.1, 0.15) is 0 Å². The summed E-state index contributed by atoms with van der Waals surface area (Å²) in [6, 6.07) is 9.94. The standard InChI is InChI=1S/C14H22N2O/c1-14(2,3)16-10-9-13(17)15-11-12-7-5-4-6-8-12/h4-8,16H,9-11H2,1-3H3,(H,15,17). The Bertz CT molecular complexity index is 341. The van der Waals surface area contributed by atoms with Crippen LogP contribution in [0.4, 0.5) is 0 Å². The van der Waals surface area contributed by atoms with Crippen molar-refractivity contribution in [2.45, 2.75) is 39.3 Å². The number of amides is 1. The van der Waals surface area contributed by atoms with E-state index in [-0.39, 0.29) is 11.4 Å². The van der Waals surface area contributed by atoms with E-state index in [0.717, 1.165) is 5.56 Å². The van der Waals surface area contributed by atoms with Gasteiger partial charge in [0.2, 0.25) is 5.91 Å². The van der Waals surface area contributed by atoms with Crippen molar-refractivity contribution in [1.29, 1.82) is 0 Å². The number of hydrogen-bond donors (Lipinski definition) is 2. The number of benzene rings is 1. The number of carbonyl (C=O) groups excluding carboxylic acids is 1. The molecule has 0 fully saturated rings. The van der Waals surface area contributed by atoms with Crippen molar-refractivity contribution in [3.8, 4) is 0 Å². The van der Waals surface area contributed by atoms with Crippen LogP contribution < -0.4 is 10.6 Å². The average Bonchev–Trinajstić information content (AvgIpc) is 2.26. The molecule has 0 unspecified atom stereocenters. The molecule has 1 amide bonds. The Hall–Kier alpha value is -1.35. The summed E-state index contributed by atoms with van der Waals surface area (Å²) in [6.07, 6.45) is 0.518. The first-order valence-electron chi connectivity index (χ1n) is 6.03. The molecule has 0 spiro atoms. The van der Waals surface area contributed by atoms with Crippen LogP contribution >= 0.6 is 0 Å². The Kier molecular flexibility index (Phi) is 5.16. The van der Waals surface area contributed by atoms with E-state index >= 15 is 0 Å². The van der Waals surface area contributed by atoms with Gasteiger partial charge in [-0.2, -0.15) is 0 Å². The van der Waals surface area contributed by atoms with Gasteiger partial charge in [0, 0.05) is 25.0 Å². The summed E-state index contributed by atoms with van der Waals surface area (Å²) in [7, 11) is 0. The van der Waals surface area contributed by atoms with Crippen LogP contribution in [0, 0.1) is 0 Å². The van der Waals surface area contributed by atoms with Gasteiger partial charge in [0.05, 0.1) is 0 Å². The van der Waals surface area contributed by atoms with Crippen LogP contribution in [-0.4, -0.2) is 18.0 Å². The van der Waals surface area contributed by atoms with Crippen molar-refractivity contribution in [3.05, 3.63) is 35.9 Å². The van der Waals surface area contributed by atoms with Gasteiger partial charge in [0.25, 0.3) is 0 Å². The van der Waals surface area contributed by atoms with Crippen LogP contribution in [0.5, 0.6) is 0 Å². The fourth-order valence-electron chi connectivity index (χ4n) is 1.44. The van der Waals surface area contributed by atoms with Crippen molar-refractivity contribution < 1.29 is 4.79 Å². The molecule has 2 N–H and O–H groups in total. The topological polar surface area (TPSA) is 41.1 Å². The third-order valence-electron chi connectivity index (χ3n) is 2.34. The molecule has 0 heterocycles. The van der Waals surface area contributed by atoms with E-state index in [1.54, 1.807) is 0 Å². The lowest BCUT2D eigenvalue weighted by Gasteiger charge is -2.20. The Balaban J connectivity index is 2.18. The zero-order valence-electron chi connectivity index (χ0n) is 10.9. The highest BCUT2D eigenvalue weighted by Crippen LogP contribution is 1.99. The highest BCUT2D eigenvalue weighted by molar-refractivity contribution is 5.76. The summed E-state index contributed by atoms with van der Waals surface area (Å²) in [5.41, 5.74) is 1.20. The second-order valence-corrected chi connectivity index (χ2v) is 5.19. The third kappa shape index (κ3) is 6.74. The molecule has 1 aromatic carbocycles. The number of carbonyl (C=O) groups is 1. The molecule has 0 aliphatic rings. The first-order valence-corrected chi connectivity index (χ1v) is 6.03. The van der Waals surface area contributed by atoms with Crippen molar-refractivity contribution >= 4 is 5.91 Å². The second-order valence-electron chi connectivity index (χ2n) is 5.19. The first-order chi connectivity index (χ1) is 7.97. The minimum absolute atomic E-state index is 0.0692. The highest BCUT2D eigenvalue weighted by atomic mass is 16.1. The molecular formula is C14H22N2O. The van der Waals surface area contributed by atoms with Gasteiger partial charge in [-0.05, 0) is 26.3 Å². The normalized spacial score (nSPS) is 11.2. The summed E-state index contributed by atoms with van der Waals surface area (Å²) in [6.45, 7) is 7.60. The van der Waals surface area contributed by atoms with Gasteiger partial charge < -0.3 is 10.6 Å². The predicted molar refractivity (Wildman–Crippen MR) is 70.7 cm³/mol. The van der Waals surface area contributed by atoms with Crippen LogP contribution in [0.1, 0.15) is 32.8 Å². The quantitative estimate of drug-likeness (QED) is 0.819. The Morgan fingerprint density at radius 2 is 1.82 bits per heavy atom. The van der Waals surface area contributed by atoms with Gasteiger partial charge >= 0.3 is 0 Å². The van der Waals surface area contributed by atoms with E-state index in [1.807, 2.05) is 30.3 Å². The molecule has 0 saturated carbocycles. The fourth-order valence-corrected chi connectivity index (χ4v) is 1.44. The van der Waals surface area contributed by atoms with Crippen LogP contribution in [0.15, 0.2) is 30.3 Å². The van der Waals surface area contributed by atoms with Gasteiger partial charge in [-0.15, -0.1) is 0 Å². The van der Waals surface area contributed by atoms with Crippen molar-refractivity contribution in [2.75, 3.05) is 6.54 Å². The van der Waals surface area contributed by atoms with Gasteiger partial charge in [-0.3, -0.25) is 4.79 Å². The summed E-state index contributed by atoms with van der Waals surface area (Å²) in [5, 5.41) is 6.20. The number of rotatable bonds is 5. The first kappa shape index (κ1) is 13.7. The van der Waals surface area contributed by atoms with Gasteiger partial charge in [-0.1, -0.05) is 30.3 Å². The summed E-state index contributed by atoms with van der Waals surface area (Å²) < 4.78 is 0. The Labute approximate surface area is 104 Å². The fraction of sp³-hybridized carbons (Fsp3) is 0.500. The van der Waals surface area contributed by atoms with Crippen molar-refractivity contribution in [3.63, 3.8) is 0 Å². The predicted octanol–water partition coefficient (Wildman–Crippen LogP) is 2.08. The second kappa shape index (κ2) is 6.40. The molecule has 17 heavy (non-hydrogen) atoms. The smallest absolute Gasteiger partial charge is 0.221 e. The maximum atomic E-state index is 11.6. The summed E-state index contributed by atoms with van der Waals surface area (Å²) >= 11 is 0. The van der Waals surface area contributed by atoms with Gasteiger partial charge in [0.15, 0.2) is 0 Å². The maximum absolute atomic E-state index is 11.6. The van der Waals surface area contributed by atoms with Crippen molar-refractivity contribution in [2.24, 2.45) is 0 Å². The monoisotopic (exact) mass is 234 g/mol. The molecule has 0 saturated heterocycles. The molecule has 0 bridgehead atoms. The molecular weight excluding hydrogens is 212 g/mol. The minimum atomic E-state index is 0.0692.